The molecule has 1 saturated heterocycles. The van der Waals surface area contributed by atoms with Crippen LogP contribution in [0.3, 0.4) is 0 Å². The highest BCUT2D eigenvalue weighted by Gasteiger charge is 2.35. The first-order valence-electron chi connectivity index (χ1n) is 7.57. The lowest BCUT2D eigenvalue weighted by atomic mass is 10.1. The summed E-state index contributed by atoms with van der Waals surface area (Å²) in [7, 11) is 0. The summed E-state index contributed by atoms with van der Waals surface area (Å²) in [4.78, 5) is 18.9. The van der Waals surface area contributed by atoms with E-state index in [-0.39, 0.29) is 18.5 Å². The number of rotatable bonds is 6. The first-order valence-corrected chi connectivity index (χ1v) is 7.57. The van der Waals surface area contributed by atoms with Crippen LogP contribution in [0, 0.1) is 0 Å². The van der Waals surface area contributed by atoms with E-state index in [0.717, 1.165) is 5.69 Å². The highest BCUT2D eigenvalue weighted by molar-refractivity contribution is 5.94. The molecule has 0 saturated carbocycles. The lowest BCUT2D eigenvalue weighted by molar-refractivity contribution is 0.0398. The Morgan fingerprint density at radius 1 is 1.39 bits per heavy atom. The molecule has 0 unspecified atom stereocenters. The number of hydrogen-bond acceptors (Lipinski definition) is 5. The summed E-state index contributed by atoms with van der Waals surface area (Å²) in [5.41, 5.74) is 1.53. The van der Waals surface area contributed by atoms with E-state index in [1.807, 2.05) is 18.2 Å². The molecule has 1 fully saturated rings. The van der Waals surface area contributed by atoms with Crippen LogP contribution in [0.1, 0.15) is 16.1 Å². The van der Waals surface area contributed by atoms with E-state index in [0.29, 0.717) is 18.7 Å². The molecule has 1 aliphatic heterocycles. The number of aliphatic hydroxyl groups excluding tert-OH is 1. The number of carbonyl (C=O) groups excluding carboxylic acids is 1. The average molecular weight is 316 g/mol. The van der Waals surface area contributed by atoms with Gasteiger partial charge in [0.15, 0.2) is 0 Å². The third-order valence-electron chi connectivity index (χ3n) is 3.89. The molecule has 7 heteroatoms. The van der Waals surface area contributed by atoms with Crippen molar-refractivity contribution in [3.8, 4) is 0 Å². The number of imidazole rings is 1. The van der Waals surface area contributed by atoms with Crippen LogP contribution in [0.4, 0.5) is 0 Å². The van der Waals surface area contributed by atoms with Crippen molar-refractivity contribution in [1.29, 1.82) is 0 Å². The number of amides is 1. The molecule has 0 radical (unpaired) electrons. The maximum Gasteiger partial charge on any atom is 0.251 e. The van der Waals surface area contributed by atoms with E-state index in [4.69, 9.17) is 4.74 Å². The minimum absolute atomic E-state index is 0.170. The SMILES string of the molecule is O=C(NC[C@H]1OC[C@@H](NCc2cnc[nH]2)[C@@H]1O)c1ccccc1. The highest BCUT2D eigenvalue weighted by atomic mass is 16.5. The molecule has 122 valence electrons. The monoisotopic (exact) mass is 316 g/mol. The molecule has 1 amide bonds. The van der Waals surface area contributed by atoms with Crippen molar-refractivity contribution in [3.05, 3.63) is 54.1 Å². The fourth-order valence-electron chi connectivity index (χ4n) is 2.55. The van der Waals surface area contributed by atoms with Gasteiger partial charge >= 0.3 is 0 Å². The molecule has 1 aliphatic rings. The van der Waals surface area contributed by atoms with Gasteiger partial charge in [0.05, 0.1) is 25.1 Å². The second-order valence-electron chi connectivity index (χ2n) is 5.50. The summed E-state index contributed by atoms with van der Waals surface area (Å²) in [6.07, 6.45) is 2.25. The standard InChI is InChI=1S/C16H20N4O3/c21-15-13(18-7-12-6-17-10-20-12)9-23-14(15)8-19-16(22)11-4-2-1-3-5-11/h1-6,10,13-15,18,21H,7-9H2,(H,17,20)(H,19,22)/t13-,14-,15+/m1/s1. The molecular weight excluding hydrogens is 296 g/mol. The van der Waals surface area contributed by atoms with Gasteiger partial charge < -0.3 is 25.5 Å². The van der Waals surface area contributed by atoms with Gasteiger partial charge in [-0.2, -0.15) is 0 Å². The minimum atomic E-state index is -0.672. The smallest absolute Gasteiger partial charge is 0.251 e. The van der Waals surface area contributed by atoms with E-state index in [9.17, 15) is 9.90 Å². The molecular formula is C16H20N4O3. The van der Waals surface area contributed by atoms with E-state index in [1.165, 1.54) is 0 Å². The zero-order chi connectivity index (χ0) is 16.1. The van der Waals surface area contributed by atoms with Gasteiger partial charge in [0.1, 0.15) is 6.10 Å². The Balaban J connectivity index is 1.45. The normalized spacial score (nSPS) is 23.8. The Kier molecular flexibility index (Phi) is 5.02. The van der Waals surface area contributed by atoms with Crippen LogP contribution in [-0.2, 0) is 11.3 Å². The fourth-order valence-corrected chi connectivity index (χ4v) is 2.55. The maximum absolute atomic E-state index is 12.0. The van der Waals surface area contributed by atoms with Crippen LogP contribution in [0.25, 0.3) is 0 Å². The summed E-state index contributed by atoms with van der Waals surface area (Å²) >= 11 is 0. The molecule has 0 spiro atoms. The van der Waals surface area contributed by atoms with Crippen molar-refractivity contribution in [2.45, 2.75) is 24.8 Å². The van der Waals surface area contributed by atoms with E-state index in [2.05, 4.69) is 20.6 Å². The van der Waals surface area contributed by atoms with Gasteiger partial charge in [0, 0.05) is 30.5 Å². The molecule has 1 aromatic heterocycles. The van der Waals surface area contributed by atoms with Crippen molar-refractivity contribution in [2.24, 2.45) is 0 Å². The quantitative estimate of drug-likeness (QED) is 0.604. The molecule has 23 heavy (non-hydrogen) atoms. The van der Waals surface area contributed by atoms with Gasteiger partial charge in [-0.05, 0) is 12.1 Å². The first kappa shape index (κ1) is 15.7. The van der Waals surface area contributed by atoms with Gasteiger partial charge in [0.2, 0.25) is 0 Å². The van der Waals surface area contributed by atoms with Gasteiger partial charge in [-0.25, -0.2) is 4.98 Å². The molecule has 2 heterocycles. The molecule has 0 aliphatic carbocycles. The molecule has 7 nitrogen and oxygen atoms in total. The molecule has 1 aromatic carbocycles. The summed E-state index contributed by atoms with van der Waals surface area (Å²) in [6.45, 7) is 1.26. The summed E-state index contributed by atoms with van der Waals surface area (Å²) in [6, 6.07) is 8.80. The second-order valence-corrected chi connectivity index (χ2v) is 5.50. The van der Waals surface area contributed by atoms with Gasteiger partial charge in [-0.1, -0.05) is 18.2 Å². The van der Waals surface area contributed by atoms with Crippen LogP contribution in [-0.4, -0.2) is 52.4 Å². The predicted octanol–water partition coefficient (Wildman–Crippen LogP) is 0.0576. The zero-order valence-corrected chi connectivity index (χ0v) is 12.6. The van der Waals surface area contributed by atoms with E-state index >= 15 is 0 Å². The van der Waals surface area contributed by atoms with E-state index < -0.39 is 12.2 Å². The topological polar surface area (TPSA) is 99.3 Å². The number of benzene rings is 1. The number of aromatic amines is 1. The number of aromatic nitrogens is 2. The highest BCUT2D eigenvalue weighted by Crippen LogP contribution is 2.14. The number of H-pyrrole nitrogens is 1. The van der Waals surface area contributed by atoms with Crippen LogP contribution >= 0.6 is 0 Å². The lowest BCUT2D eigenvalue weighted by Gasteiger charge is -2.18. The third kappa shape index (κ3) is 3.95. The largest absolute Gasteiger partial charge is 0.389 e. The molecule has 4 N–H and O–H groups in total. The predicted molar refractivity (Wildman–Crippen MR) is 83.7 cm³/mol. The molecule has 0 bridgehead atoms. The lowest BCUT2D eigenvalue weighted by Crippen LogP contribution is -2.44. The van der Waals surface area contributed by atoms with Crippen LogP contribution in [0.2, 0.25) is 0 Å². The van der Waals surface area contributed by atoms with Crippen molar-refractivity contribution in [2.75, 3.05) is 13.2 Å². The molecule has 3 atom stereocenters. The number of carbonyl (C=O) groups is 1. The molecule has 3 rings (SSSR count). The van der Waals surface area contributed by atoms with Crippen molar-refractivity contribution in [1.82, 2.24) is 20.6 Å². The number of ether oxygens (including phenoxy) is 1. The minimum Gasteiger partial charge on any atom is -0.389 e. The fraction of sp³-hybridized carbons (Fsp3) is 0.375. The van der Waals surface area contributed by atoms with Gasteiger partial charge in [-0.3, -0.25) is 4.79 Å². The number of aliphatic hydroxyl groups is 1. The summed E-state index contributed by atoms with van der Waals surface area (Å²) < 4.78 is 5.58. The Morgan fingerprint density at radius 2 is 2.22 bits per heavy atom. The summed E-state index contributed by atoms with van der Waals surface area (Å²) in [5, 5.41) is 16.3. The Hall–Kier alpha value is -2.22. The third-order valence-corrected chi connectivity index (χ3v) is 3.89. The Labute approximate surface area is 134 Å². The first-order chi connectivity index (χ1) is 11.2. The average Bonchev–Trinajstić information content (AvgIpc) is 3.22. The number of nitrogens with one attached hydrogen (secondary N) is 3. The number of nitrogens with zero attached hydrogens (tertiary/aromatic N) is 1. The van der Waals surface area contributed by atoms with Crippen molar-refractivity contribution < 1.29 is 14.6 Å². The maximum atomic E-state index is 12.0. The van der Waals surface area contributed by atoms with Crippen molar-refractivity contribution >= 4 is 5.91 Å². The summed E-state index contributed by atoms with van der Waals surface area (Å²) in [5.74, 6) is -0.171. The van der Waals surface area contributed by atoms with Crippen LogP contribution in [0.5, 0.6) is 0 Å². The van der Waals surface area contributed by atoms with Crippen LogP contribution in [0.15, 0.2) is 42.9 Å². The van der Waals surface area contributed by atoms with Gasteiger partial charge in [-0.15, -0.1) is 0 Å². The second kappa shape index (κ2) is 7.36. The zero-order valence-electron chi connectivity index (χ0n) is 12.6. The van der Waals surface area contributed by atoms with Gasteiger partial charge in [0.25, 0.3) is 5.91 Å². The Bertz CT molecular complexity index is 618. The molecule has 2 aromatic rings. The number of hydrogen-bond donors (Lipinski definition) is 4. The van der Waals surface area contributed by atoms with Crippen LogP contribution < -0.4 is 10.6 Å². The van der Waals surface area contributed by atoms with E-state index in [1.54, 1.807) is 24.7 Å². The van der Waals surface area contributed by atoms with Crippen molar-refractivity contribution in [3.63, 3.8) is 0 Å². The Morgan fingerprint density at radius 3 is 2.96 bits per heavy atom.